The predicted octanol–water partition coefficient (Wildman–Crippen LogP) is 3.27. The summed E-state index contributed by atoms with van der Waals surface area (Å²) in [5.74, 6) is 1.34. The molecule has 1 heterocycles. The van der Waals surface area contributed by atoms with Crippen LogP contribution in [0, 0.1) is 0 Å². The number of aromatic nitrogens is 2. The van der Waals surface area contributed by atoms with E-state index in [4.69, 9.17) is 10.7 Å². The fourth-order valence-corrected chi connectivity index (χ4v) is 2.39. The minimum absolute atomic E-state index is 0.112. The smallest absolute Gasteiger partial charge is 0.114 e. The molecule has 2 rings (SSSR count). The van der Waals surface area contributed by atoms with Gasteiger partial charge in [0.1, 0.15) is 5.82 Å². The summed E-state index contributed by atoms with van der Waals surface area (Å²) in [5.41, 5.74) is 8.19. The summed E-state index contributed by atoms with van der Waals surface area (Å²) in [6.07, 6.45) is 0. The molecule has 0 aliphatic heterocycles. The van der Waals surface area contributed by atoms with E-state index in [-0.39, 0.29) is 12.0 Å². The van der Waals surface area contributed by atoms with E-state index < -0.39 is 0 Å². The third kappa shape index (κ3) is 2.24. The zero-order valence-corrected chi connectivity index (χ0v) is 12.0. The lowest BCUT2D eigenvalue weighted by Crippen LogP contribution is -2.25. The van der Waals surface area contributed by atoms with Gasteiger partial charge in [-0.05, 0) is 32.0 Å². The molecule has 92 valence electrons. The van der Waals surface area contributed by atoms with Crippen molar-refractivity contribution in [1.82, 2.24) is 9.55 Å². The summed E-state index contributed by atoms with van der Waals surface area (Å²) in [6.45, 7) is 7.22. The number of fused-ring (bicyclic) bond motifs is 1. The zero-order valence-electron chi connectivity index (χ0n) is 10.4. The van der Waals surface area contributed by atoms with Gasteiger partial charge in [0.15, 0.2) is 0 Å². The Morgan fingerprint density at radius 2 is 2.12 bits per heavy atom. The molecule has 1 aromatic heterocycles. The molecule has 0 bridgehead atoms. The number of benzene rings is 1. The molecular weight excluding hydrogens is 278 g/mol. The standard InChI is InChI=1S/C13H18BrN3/c1-4-17-12-6-5-10(14)7-11(12)16-13(17)8(2)9(3)15/h5-9H,4,15H2,1-3H3. The number of aryl methyl sites for hydroxylation is 1. The van der Waals surface area contributed by atoms with Gasteiger partial charge in [0.05, 0.1) is 11.0 Å². The van der Waals surface area contributed by atoms with Crippen molar-refractivity contribution >= 4 is 27.0 Å². The van der Waals surface area contributed by atoms with Crippen LogP contribution in [0.15, 0.2) is 22.7 Å². The molecule has 2 aromatic rings. The van der Waals surface area contributed by atoms with Gasteiger partial charge in [-0.3, -0.25) is 0 Å². The average Bonchev–Trinajstić information content (AvgIpc) is 2.64. The molecule has 0 amide bonds. The molecule has 0 aliphatic carbocycles. The van der Waals surface area contributed by atoms with Gasteiger partial charge in [-0.25, -0.2) is 4.98 Å². The Morgan fingerprint density at radius 3 is 2.71 bits per heavy atom. The number of imidazole rings is 1. The summed E-state index contributed by atoms with van der Waals surface area (Å²) >= 11 is 3.48. The first kappa shape index (κ1) is 12.6. The van der Waals surface area contributed by atoms with Crippen LogP contribution in [0.2, 0.25) is 0 Å². The molecule has 0 saturated heterocycles. The van der Waals surface area contributed by atoms with Crippen molar-refractivity contribution in [3.63, 3.8) is 0 Å². The minimum Gasteiger partial charge on any atom is -0.328 e. The van der Waals surface area contributed by atoms with Crippen LogP contribution < -0.4 is 5.73 Å². The topological polar surface area (TPSA) is 43.8 Å². The molecule has 0 fully saturated rings. The Morgan fingerprint density at radius 1 is 1.41 bits per heavy atom. The quantitative estimate of drug-likeness (QED) is 0.944. The Labute approximate surface area is 110 Å². The van der Waals surface area contributed by atoms with Gasteiger partial charge in [0, 0.05) is 23.0 Å². The van der Waals surface area contributed by atoms with Crippen LogP contribution in [0.4, 0.5) is 0 Å². The van der Waals surface area contributed by atoms with Gasteiger partial charge in [0.25, 0.3) is 0 Å². The minimum atomic E-state index is 0.112. The van der Waals surface area contributed by atoms with Crippen LogP contribution in [0.3, 0.4) is 0 Å². The van der Waals surface area contributed by atoms with Gasteiger partial charge in [-0.15, -0.1) is 0 Å². The van der Waals surface area contributed by atoms with E-state index >= 15 is 0 Å². The van der Waals surface area contributed by atoms with Crippen molar-refractivity contribution in [2.75, 3.05) is 0 Å². The van der Waals surface area contributed by atoms with E-state index in [0.717, 1.165) is 22.4 Å². The van der Waals surface area contributed by atoms with Crippen molar-refractivity contribution < 1.29 is 0 Å². The van der Waals surface area contributed by atoms with Crippen molar-refractivity contribution in [3.05, 3.63) is 28.5 Å². The summed E-state index contributed by atoms with van der Waals surface area (Å²) in [6, 6.07) is 6.32. The number of rotatable bonds is 3. The third-order valence-corrected chi connectivity index (χ3v) is 3.75. The van der Waals surface area contributed by atoms with Crippen molar-refractivity contribution in [1.29, 1.82) is 0 Å². The molecule has 17 heavy (non-hydrogen) atoms. The highest BCUT2D eigenvalue weighted by atomic mass is 79.9. The first-order valence-corrected chi connectivity index (χ1v) is 6.75. The lowest BCUT2D eigenvalue weighted by atomic mass is 10.0. The second-order valence-corrected chi connectivity index (χ2v) is 5.41. The zero-order chi connectivity index (χ0) is 12.6. The molecule has 4 heteroatoms. The fourth-order valence-electron chi connectivity index (χ4n) is 2.04. The molecule has 2 N–H and O–H groups in total. The van der Waals surface area contributed by atoms with Crippen LogP contribution >= 0.6 is 15.9 Å². The lowest BCUT2D eigenvalue weighted by Gasteiger charge is -2.16. The summed E-state index contributed by atoms with van der Waals surface area (Å²) in [4.78, 5) is 4.72. The number of halogens is 1. The van der Waals surface area contributed by atoms with Crippen LogP contribution in [-0.4, -0.2) is 15.6 Å². The molecule has 3 nitrogen and oxygen atoms in total. The molecule has 1 aromatic carbocycles. The average molecular weight is 296 g/mol. The summed E-state index contributed by atoms with van der Waals surface area (Å²) in [5, 5.41) is 0. The van der Waals surface area contributed by atoms with E-state index in [1.807, 2.05) is 6.92 Å². The Bertz CT molecular complexity index is 531. The van der Waals surface area contributed by atoms with Gasteiger partial charge >= 0.3 is 0 Å². The highest BCUT2D eigenvalue weighted by Gasteiger charge is 2.18. The molecular formula is C13H18BrN3. The van der Waals surface area contributed by atoms with Crippen molar-refractivity contribution in [2.24, 2.45) is 5.73 Å². The summed E-state index contributed by atoms with van der Waals surface area (Å²) in [7, 11) is 0. The van der Waals surface area contributed by atoms with Crippen LogP contribution in [0.25, 0.3) is 11.0 Å². The van der Waals surface area contributed by atoms with E-state index in [2.05, 4.69) is 52.5 Å². The van der Waals surface area contributed by atoms with Crippen LogP contribution in [-0.2, 0) is 6.54 Å². The molecule has 0 aliphatic rings. The maximum absolute atomic E-state index is 5.98. The number of nitrogens with two attached hydrogens (primary N) is 1. The van der Waals surface area contributed by atoms with Crippen LogP contribution in [0.1, 0.15) is 32.5 Å². The SMILES string of the molecule is CCn1c(C(C)C(C)N)nc2cc(Br)ccc21. The predicted molar refractivity (Wildman–Crippen MR) is 75.2 cm³/mol. The third-order valence-electron chi connectivity index (χ3n) is 3.25. The Kier molecular flexibility index (Phi) is 3.54. The molecule has 0 spiro atoms. The normalized spacial score (nSPS) is 15.1. The fraction of sp³-hybridized carbons (Fsp3) is 0.462. The first-order valence-electron chi connectivity index (χ1n) is 5.95. The summed E-state index contributed by atoms with van der Waals surface area (Å²) < 4.78 is 3.31. The van der Waals surface area contributed by atoms with Gasteiger partial charge in [-0.1, -0.05) is 22.9 Å². The largest absolute Gasteiger partial charge is 0.328 e. The van der Waals surface area contributed by atoms with E-state index in [1.54, 1.807) is 0 Å². The molecule has 0 saturated carbocycles. The van der Waals surface area contributed by atoms with E-state index in [0.29, 0.717) is 0 Å². The number of nitrogens with zero attached hydrogens (tertiary/aromatic N) is 2. The molecule has 2 unspecified atom stereocenters. The Hall–Kier alpha value is -0.870. The Balaban J connectivity index is 2.63. The molecule has 2 atom stereocenters. The van der Waals surface area contributed by atoms with Crippen molar-refractivity contribution in [2.45, 2.75) is 39.3 Å². The maximum Gasteiger partial charge on any atom is 0.114 e. The van der Waals surface area contributed by atoms with Gasteiger partial charge in [0.2, 0.25) is 0 Å². The van der Waals surface area contributed by atoms with Gasteiger partial charge in [-0.2, -0.15) is 0 Å². The lowest BCUT2D eigenvalue weighted by molar-refractivity contribution is 0.551. The molecule has 0 radical (unpaired) electrons. The monoisotopic (exact) mass is 295 g/mol. The second-order valence-electron chi connectivity index (χ2n) is 4.50. The number of hydrogen-bond donors (Lipinski definition) is 1. The van der Waals surface area contributed by atoms with E-state index in [9.17, 15) is 0 Å². The van der Waals surface area contributed by atoms with Crippen LogP contribution in [0.5, 0.6) is 0 Å². The number of hydrogen-bond acceptors (Lipinski definition) is 2. The van der Waals surface area contributed by atoms with Gasteiger partial charge < -0.3 is 10.3 Å². The van der Waals surface area contributed by atoms with E-state index in [1.165, 1.54) is 5.52 Å². The highest BCUT2D eigenvalue weighted by molar-refractivity contribution is 9.10. The second kappa shape index (κ2) is 4.78. The van der Waals surface area contributed by atoms with Crippen molar-refractivity contribution in [3.8, 4) is 0 Å². The maximum atomic E-state index is 5.98. The first-order chi connectivity index (χ1) is 8.04. The highest BCUT2D eigenvalue weighted by Crippen LogP contribution is 2.25.